The van der Waals surface area contributed by atoms with Gasteiger partial charge in [0.25, 0.3) is 0 Å². The number of aromatic nitrogens is 1. The second kappa shape index (κ2) is 10.8. The fourth-order valence-corrected chi connectivity index (χ4v) is 5.08. The van der Waals surface area contributed by atoms with Gasteiger partial charge in [-0.2, -0.15) is 5.26 Å². The second-order valence-electron chi connectivity index (χ2n) is 7.21. The highest BCUT2D eigenvalue weighted by Gasteiger charge is 2.16. The molecule has 0 bridgehead atoms. The number of halogens is 2. The molecule has 0 saturated heterocycles. The van der Waals surface area contributed by atoms with Crippen LogP contribution in [0, 0.1) is 17.1 Å². The Morgan fingerprint density at radius 2 is 1.88 bits per heavy atom. The molecule has 33 heavy (non-hydrogen) atoms. The van der Waals surface area contributed by atoms with Crippen molar-refractivity contribution in [3.05, 3.63) is 94.1 Å². The summed E-state index contributed by atoms with van der Waals surface area (Å²) in [6, 6.07) is 21.2. The molecule has 0 unspecified atom stereocenters. The van der Waals surface area contributed by atoms with Gasteiger partial charge >= 0.3 is 0 Å². The van der Waals surface area contributed by atoms with Crippen LogP contribution < -0.4 is 0 Å². The van der Waals surface area contributed by atoms with Gasteiger partial charge in [-0.05, 0) is 71.6 Å². The number of thioether (sulfide) groups is 1. The summed E-state index contributed by atoms with van der Waals surface area (Å²) in [6.45, 7) is 0. The summed E-state index contributed by atoms with van der Waals surface area (Å²) in [4.78, 5) is 18.1. The summed E-state index contributed by atoms with van der Waals surface area (Å²) >= 11 is 9.11. The van der Waals surface area contributed by atoms with E-state index in [1.54, 1.807) is 23.5 Å². The van der Waals surface area contributed by atoms with Crippen LogP contribution in [0.15, 0.2) is 77.1 Å². The molecule has 0 radical (unpaired) electrons. The zero-order chi connectivity index (χ0) is 23.2. The Morgan fingerprint density at radius 3 is 2.55 bits per heavy atom. The number of ketones is 1. The Kier molecular flexibility index (Phi) is 7.56. The van der Waals surface area contributed by atoms with E-state index in [0.717, 1.165) is 21.7 Å². The predicted molar refractivity (Wildman–Crippen MR) is 133 cm³/mol. The van der Waals surface area contributed by atoms with Crippen molar-refractivity contribution in [1.82, 2.24) is 4.98 Å². The monoisotopic (exact) mass is 492 g/mol. The molecular formula is C26H18ClFN2OS2. The van der Waals surface area contributed by atoms with Gasteiger partial charge in [0.15, 0.2) is 5.78 Å². The minimum Gasteiger partial charge on any atom is -0.294 e. The van der Waals surface area contributed by atoms with Crippen LogP contribution in [0.25, 0.3) is 21.7 Å². The maximum atomic E-state index is 13.1. The summed E-state index contributed by atoms with van der Waals surface area (Å²) in [7, 11) is 0. The number of rotatable bonds is 8. The molecule has 0 fully saturated rings. The van der Waals surface area contributed by atoms with Crippen LogP contribution in [0.5, 0.6) is 0 Å². The third-order valence-electron chi connectivity index (χ3n) is 4.98. The molecule has 0 atom stereocenters. The van der Waals surface area contributed by atoms with Gasteiger partial charge in [-0.15, -0.1) is 23.1 Å². The van der Waals surface area contributed by atoms with Crippen LogP contribution in [0.3, 0.4) is 0 Å². The standard InChI is InChI=1S/C26H18ClFN2OS2/c27-19-9-5-17(6-10-19)21-15-23(25-4-2-13-32-25)30-26(22(21)16-29)33-14-1-3-24(31)18-7-11-20(28)12-8-18/h2,4-13,15H,1,3,14H2. The van der Waals surface area contributed by atoms with Crippen molar-refractivity contribution in [3.63, 3.8) is 0 Å². The topological polar surface area (TPSA) is 53.8 Å². The van der Waals surface area contributed by atoms with Crippen molar-refractivity contribution in [1.29, 1.82) is 5.26 Å². The van der Waals surface area contributed by atoms with Gasteiger partial charge in [0.05, 0.1) is 16.1 Å². The van der Waals surface area contributed by atoms with Gasteiger partial charge in [-0.1, -0.05) is 29.8 Å². The van der Waals surface area contributed by atoms with Crippen LogP contribution >= 0.6 is 34.7 Å². The van der Waals surface area contributed by atoms with E-state index in [1.165, 1.54) is 36.0 Å². The first-order chi connectivity index (χ1) is 16.0. The summed E-state index contributed by atoms with van der Waals surface area (Å²) in [5, 5.41) is 13.2. The lowest BCUT2D eigenvalue weighted by Crippen LogP contribution is -2.00. The van der Waals surface area contributed by atoms with E-state index in [9.17, 15) is 14.4 Å². The highest BCUT2D eigenvalue weighted by atomic mass is 35.5. The van der Waals surface area contributed by atoms with E-state index in [1.807, 2.05) is 35.7 Å². The van der Waals surface area contributed by atoms with Gasteiger partial charge in [0.1, 0.15) is 16.9 Å². The van der Waals surface area contributed by atoms with E-state index in [-0.39, 0.29) is 11.6 Å². The van der Waals surface area contributed by atoms with Crippen LogP contribution in [0.2, 0.25) is 5.02 Å². The number of hydrogen-bond acceptors (Lipinski definition) is 5. The zero-order valence-electron chi connectivity index (χ0n) is 17.4. The molecule has 2 heterocycles. The average Bonchev–Trinajstić information content (AvgIpc) is 3.37. The Labute approximate surface area is 204 Å². The minimum atomic E-state index is -0.362. The van der Waals surface area contributed by atoms with Gasteiger partial charge in [0, 0.05) is 22.6 Å². The van der Waals surface area contributed by atoms with Gasteiger partial charge < -0.3 is 0 Å². The van der Waals surface area contributed by atoms with Crippen molar-refractivity contribution >= 4 is 40.5 Å². The minimum absolute atomic E-state index is 0.0294. The highest BCUT2D eigenvalue weighted by molar-refractivity contribution is 7.99. The maximum Gasteiger partial charge on any atom is 0.162 e. The first kappa shape index (κ1) is 23.2. The predicted octanol–water partition coefficient (Wildman–Crippen LogP) is 7.90. The first-order valence-corrected chi connectivity index (χ1v) is 12.5. The van der Waals surface area contributed by atoms with E-state index < -0.39 is 0 Å². The molecule has 2 aromatic heterocycles. The second-order valence-corrected chi connectivity index (χ2v) is 9.68. The summed E-state index contributed by atoms with van der Waals surface area (Å²) in [5.74, 6) is 0.236. The van der Waals surface area contributed by atoms with Crippen LogP contribution in [0.4, 0.5) is 4.39 Å². The zero-order valence-corrected chi connectivity index (χ0v) is 19.8. The molecule has 0 aliphatic carbocycles. The van der Waals surface area contributed by atoms with Crippen molar-refractivity contribution < 1.29 is 9.18 Å². The van der Waals surface area contributed by atoms with Gasteiger partial charge in [0.2, 0.25) is 0 Å². The Morgan fingerprint density at radius 1 is 1.12 bits per heavy atom. The smallest absolute Gasteiger partial charge is 0.162 e. The molecule has 0 N–H and O–H groups in total. The summed E-state index contributed by atoms with van der Waals surface area (Å²) in [5.41, 5.74) is 3.51. The highest BCUT2D eigenvalue weighted by Crippen LogP contribution is 2.36. The number of benzene rings is 2. The number of Topliss-reactive ketones (excluding diaryl/α,β-unsaturated/α-hetero) is 1. The number of hydrogen-bond donors (Lipinski definition) is 0. The molecule has 0 spiro atoms. The Balaban J connectivity index is 1.56. The Hall–Kier alpha value is -2.98. The van der Waals surface area contributed by atoms with E-state index in [2.05, 4.69) is 6.07 Å². The maximum absolute atomic E-state index is 13.1. The lowest BCUT2D eigenvalue weighted by Gasteiger charge is -2.12. The number of pyridine rings is 1. The van der Waals surface area contributed by atoms with Crippen molar-refractivity contribution in [2.75, 3.05) is 5.75 Å². The molecule has 7 heteroatoms. The lowest BCUT2D eigenvalue weighted by atomic mass is 10.0. The van der Waals surface area contributed by atoms with Crippen LogP contribution in [-0.2, 0) is 0 Å². The quantitative estimate of drug-likeness (QED) is 0.142. The number of thiophene rings is 1. The fraction of sp³-hybridized carbons (Fsp3) is 0.115. The average molecular weight is 493 g/mol. The molecule has 2 aromatic carbocycles. The largest absolute Gasteiger partial charge is 0.294 e. The molecule has 4 aromatic rings. The van der Waals surface area contributed by atoms with E-state index in [0.29, 0.717) is 39.8 Å². The molecule has 0 saturated carbocycles. The van der Waals surface area contributed by atoms with Crippen LogP contribution in [0.1, 0.15) is 28.8 Å². The molecule has 0 amide bonds. The van der Waals surface area contributed by atoms with Gasteiger partial charge in [-0.3, -0.25) is 4.79 Å². The number of carbonyl (C=O) groups is 1. The van der Waals surface area contributed by atoms with E-state index in [4.69, 9.17) is 16.6 Å². The molecule has 0 aliphatic heterocycles. The van der Waals surface area contributed by atoms with Gasteiger partial charge in [-0.25, -0.2) is 9.37 Å². The summed E-state index contributed by atoms with van der Waals surface area (Å²) < 4.78 is 13.1. The van der Waals surface area contributed by atoms with Crippen LogP contribution in [-0.4, -0.2) is 16.5 Å². The summed E-state index contributed by atoms with van der Waals surface area (Å²) in [6.07, 6.45) is 0.960. The van der Waals surface area contributed by atoms with Crippen molar-refractivity contribution in [2.45, 2.75) is 17.9 Å². The molecular weight excluding hydrogens is 475 g/mol. The Bertz CT molecular complexity index is 1300. The number of nitrogens with zero attached hydrogens (tertiary/aromatic N) is 2. The van der Waals surface area contributed by atoms with Crippen molar-refractivity contribution in [2.24, 2.45) is 0 Å². The third kappa shape index (κ3) is 5.69. The molecule has 3 nitrogen and oxygen atoms in total. The van der Waals surface area contributed by atoms with Crippen molar-refractivity contribution in [3.8, 4) is 27.8 Å². The normalized spacial score (nSPS) is 10.7. The third-order valence-corrected chi connectivity index (χ3v) is 7.19. The fourth-order valence-electron chi connectivity index (χ4n) is 3.32. The number of nitriles is 1. The lowest BCUT2D eigenvalue weighted by molar-refractivity contribution is 0.0982. The molecule has 4 rings (SSSR count). The first-order valence-electron chi connectivity index (χ1n) is 10.2. The SMILES string of the molecule is N#Cc1c(-c2ccc(Cl)cc2)cc(-c2cccs2)nc1SCCCC(=O)c1ccc(F)cc1. The number of carbonyl (C=O) groups excluding carboxylic acids is 1. The molecule has 164 valence electrons. The molecule has 0 aliphatic rings. The van der Waals surface area contributed by atoms with E-state index >= 15 is 0 Å².